The van der Waals surface area contributed by atoms with Gasteiger partial charge in [-0.05, 0) is 38.2 Å². The first-order chi connectivity index (χ1) is 12.2. The van der Waals surface area contributed by atoms with Crippen LogP contribution in [0.5, 0.6) is 0 Å². The first-order valence-electron chi connectivity index (χ1n) is 9.06. The van der Waals surface area contributed by atoms with Crippen molar-refractivity contribution in [2.75, 3.05) is 6.54 Å². The van der Waals surface area contributed by atoms with Crippen molar-refractivity contribution in [1.82, 2.24) is 20.4 Å². The highest BCUT2D eigenvalue weighted by Gasteiger charge is 2.22. The molecule has 3 N–H and O–H groups in total. The number of nitrogens with one attached hydrogen (secondary N) is 2. The van der Waals surface area contributed by atoms with Crippen LogP contribution in [-0.2, 0) is 9.59 Å². The van der Waals surface area contributed by atoms with E-state index < -0.39 is 23.8 Å². The van der Waals surface area contributed by atoms with Crippen molar-refractivity contribution in [3.63, 3.8) is 0 Å². The number of aryl methyl sites for hydroxylation is 1. The molecule has 0 aromatic carbocycles. The molecule has 0 saturated heterocycles. The Labute approximate surface area is 154 Å². The maximum atomic E-state index is 12.2. The molecular weight excluding hydrogens is 336 g/mol. The Morgan fingerprint density at radius 3 is 2.35 bits per heavy atom. The molecule has 146 valence electrons. The van der Waals surface area contributed by atoms with Gasteiger partial charge in [0.05, 0.1) is 12.6 Å². The molecule has 0 radical (unpaired) electrons. The standard InChI is InChI=1S/C18H30N4O4/c1-6-13(7-2)22-12(5)9-14(21-22)17(24)19-10-16(23)20-15(18(25)26)8-11(3)4/h9,11,13,15H,6-8,10H2,1-5H3,(H,19,24)(H,20,23)(H,25,26)/t15-/m0/s1. The van der Waals surface area contributed by atoms with Crippen LogP contribution >= 0.6 is 0 Å². The summed E-state index contributed by atoms with van der Waals surface area (Å²) in [6, 6.07) is 0.951. The van der Waals surface area contributed by atoms with Gasteiger partial charge in [-0.3, -0.25) is 14.3 Å². The molecule has 1 aromatic heterocycles. The van der Waals surface area contributed by atoms with Crippen molar-refractivity contribution in [3.05, 3.63) is 17.5 Å². The smallest absolute Gasteiger partial charge is 0.326 e. The molecule has 8 heteroatoms. The third-order valence-corrected chi connectivity index (χ3v) is 4.19. The van der Waals surface area contributed by atoms with Gasteiger partial charge in [-0.15, -0.1) is 0 Å². The molecule has 0 aliphatic heterocycles. The molecule has 0 saturated carbocycles. The summed E-state index contributed by atoms with van der Waals surface area (Å²) in [5.74, 6) is -1.95. The van der Waals surface area contributed by atoms with Gasteiger partial charge in [0.25, 0.3) is 5.91 Å². The van der Waals surface area contributed by atoms with Gasteiger partial charge in [0.2, 0.25) is 5.91 Å². The number of amides is 2. The summed E-state index contributed by atoms with van der Waals surface area (Å²) in [4.78, 5) is 35.3. The fraction of sp³-hybridized carbons (Fsp3) is 0.667. The van der Waals surface area contributed by atoms with Crippen molar-refractivity contribution < 1.29 is 19.5 Å². The van der Waals surface area contributed by atoms with E-state index in [1.807, 2.05) is 25.5 Å². The Hall–Kier alpha value is -2.38. The van der Waals surface area contributed by atoms with Gasteiger partial charge < -0.3 is 15.7 Å². The van der Waals surface area contributed by atoms with E-state index in [-0.39, 0.29) is 24.2 Å². The van der Waals surface area contributed by atoms with E-state index in [4.69, 9.17) is 5.11 Å². The number of hydrogen-bond donors (Lipinski definition) is 3. The minimum atomic E-state index is -1.09. The minimum absolute atomic E-state index is 0.128. The van der Waals surface area contributed by atoms with E-state index >= 15 is 0 Å². The molecule has 26 heavy (non-hydrogen) atoms. The number of carbonyl (C=O) groups excluding carboxylic acids is 2. The number of rotatable bonds is 10. The summed E-state index contributed by atoms with van der Waals surface area (Å²) < 4.78 is 1.83. The summed E-state index contributed by atoms with van der Waals surface area (Å²) in [5, 5.41) is 18.4. The molecule has 1 heterocycles. The lowest BCUT2D eigenvalue weighted by Gasteiger charge is -2.16. The zero-order chi connectivity index (χ0) is 19.9. The summed E-state index contributed by atoms with van der Waals surface area (Å²) in [7, 11) is 0. The first kappa shape index (κ1) is 21.7. The maximum absolute atomic E-state index is 12.2. The second kappa shape index (κ2) is 9.94. The molecule has 8 nitrogen and oxygen atoms in total. The molecule has 0 bridgehead atoms. The number of hydrogen-bond acceptors (Lipinski definition) is 4. The fourth-order valence-electron chi connectivity index (χ4n) is 2.79. The third kappa shape index (κ3) is 6.16. The molecule has 0 aliphatic rings. The van der Waals surface area contributed by atoms with E-state index in [0.29, 0.717) is 6.42 Å². The third-order valence-electron chi connectivity index (χ3n) is 4.19. The van der Waals surface area contributed by atoms with Gasteiger partial charge in [0, 0.05) is 5.69 Å². The average Bonchev–Trinajstić information content (AvgIpc) is 2.94. The lowest BCUT2D eigenvalue weighted by Crippen LogP contribution is -2.46. The van der Waals surface area contributed by atoms with Crippen LogP contribution in [-0.4, -0.2) is 45.3 Å². The van der Waals surface area contributed by atoms with E-state index in [1.54, 1.807) is 6.07 Å². The highest BCUT2D eigenvalue weighted by molar-refractivity contribution is 5.95. The van der Waals surface area contributed by atoms with Crippen LogP contribution in [0.4, 0.5) is 0 Å². The van der Waals surface area contributed by atoms with Gasteiger partial charge in [-0.2, -0.15) is 5.10 Å². The molecule has 2 amide bonds. The Morgan fingerprint density at radius 2 is 1.85 bits per heavy atom. The molecule has 0 spiro atoms. The Bertz CT molecular complexity index is 635. The summed E-state index contributed by atoms with van der Waals surface area (Å²) in [6.45, 7) is 9.48. The summed E-state index contributed by atoms with van der Waals surface area (Å²) in [5.41, 5.74) is 1.13. The van der Waals surface area contributed by atoms with E-state index in [1.165, 1.54) is 0 Å². The second-order valence-corrected chi connectivity index (χ2v) is 6.86. The second-order valence-electron chi connectivity index (χ2n) is 6.86. The Kier molecular flexibility index (Phi) is 8.28. The van der Waals surface area contributed by atoms with E-state index in [0.717, 1.165) is 18.5 Å². The number of aromatic nitrogens is 2. The van der Waals surface area contributed by atoms with Gasteiger partial charge in [-0.25, -0.2) is 4.79 Å². The van der Waals surface area contributed by atoms with Crippen LogP contribution in [0.2, 0.25) is 0 Å². The van der Waals surface area contributed by atoms with Gasteiger partial charge in [-0.1, -0.05) is 27.7 Å². The molecular formula is C18H30N4O4. The molecule has 0 aliphatic carbocycles. The van der Waals surface area contributed by atoms with Crippen molar-refractivity contribution in [3.8, 4) is 0 Å². The zero-order valence-corrected chi connectivity index (χ0v) is 16.2. The van der Waals surface area contributed by atoms with E-state index in [9.17, 15) is 14.4 Å². The van der Waals surface area contributed by atoms with Crippen molar-refractivity contribution in [2.24, 2.45) is 5.92 Å². The van der Waals surface area contributed by atoms with Crippen LogP contribution < -0.4 is 10.6 Å². The van der Waals surface area contributed by atoms with Gasteiger partial charge in [0.15, 0.2) is 0 Å². The van der Waals surface area contributed by atoms with Crippen LogP contribution in [0.3, 0.4) is 0 Å². The maximum Gasteiger partial charge on any atom is 0.326 e. The van der Waals surface area contributed by atoms with Crippen molar-refractivity contribution >= 4 is 17.8 Å². The summed E-state index contributed by atoms with van der Waals surface area (Å²) in [6.07, 6.45) is 2.15. The Morgan fingerprint density at radius 1 is 1.23 bits per heavy atom. The van der Waals surface area contributed by atoms with Crippen LogP contribution in [0.1, 0.15) is 69.2 Å². The molecule has 1 aromatic rings. The monoisotopic (exact) mass is 366 g/mol. The van der Waals surface area contributed by atoms with Crippen LogP contribution in [0, 0.1) is 12.8 Å². The fourth-order valence-corrected chi connectivity index (χ4v) is 2.79. The van der Waals surface area contributed by atoms with Gasteiger partial charge in [0.1, 0.15) is 11.7 Å². The minimum Gasteiger partial charge on any atom is -0.480 e. The largest absolute Gasteiger partial charge is 0.480 e. The molecule has 0 fully saturated rings. The highest BCUT2D eigenvalue weighted by atomic mass is 16.4. The van der Waals surface area contributed by atoms with Crippen molar-refractivity contribution in [2.45, 2.75) is 66.0 Å². The number of carboxylic acids is 1. The van der Waals surface area contributed by atoms with E-state index in [2.05, 4.69) is 29.6 Å². The number of nitrogens with zero attached hydrogens (tertiary/aromatic N) is 2. The average molecular weight is 366 g/mol. The quantitative estimate of drug-likeness (QED) is 0.585. The first-order valence-corrected chi connectivity index (χ1v) is 9.06. The van der Waals surface area contributed by atoms with Crippen molar-refractivity contribution in [1.29, 1.82) is 0 Å². The topological polar surface area (TPSA) is 113 Å². The molecule has 1 atom stereocenters. The number of aliphatic carboxylic acids is 1. The summed E-state index contributed by atoms with van der Waals surface area (Å²) >= 11 is 0. The highest BCUT2D eigenvalue weighted by Crippen LogP contribution is 2.17. The Balaban J connectivity index is 2.64. The number of carboxylic acid groups (broad SMARTS) is 1. The van der Waals surface area contributed by atoms with Crippen LogP contribution in [0.15, 0.2) is 6.07 Å². The zero-order valence-electron chi connectivity index (χ0n) is 16.2. The van der Waals surface area contributed by atoms with Gasteiger partial charge >= 0.3 is 5.97 Å². The molecule has 0 unspecified atom stereocenters. The lowest BCUT2D eigenvalue weighted by atomic mass is 10.0. The van der Waals surface area contributed by atoms with Crippen LogP contribution in [0.25, 0.3) is 0 Å². The molecule has 1 rings (SSSR count). The number of carbonyl (C=O) groups is 3. The lowest BCUT2D eigenvalue weighted by molar-refractivity contribution is -0.142. The SMILES string of the molecule is CCC(CC)n1nc(C(=O)NCC(=O)N[C@@H](CC(C)C)C(=O)O)cc1C. The normalized spacial score (nSPS) is 12.3. The predicted molar refractivity (Wildman–Crippen MR) is 97.9 cm³/mol. The predicted octanol–water partition coefficient (Wildman–Crippen LogP) is 1.90.